The van der Waals surface area contributed by atoms with Crippen LogP contribution in [0.25, 0.3) is 0 Å². The maximum Gasteiger partial charge on any atom is 0.387 e. The molecule has 0 bridgehead atoms. The van der Waals surface area contributed by atoms with E-state index >= 15 is 0 Å². The van der Waals surface area contributed by atoms with Gasteiger partial charge in [0.05, 0.1) is 12.6 Å². The van der Waals surface area contributed by atoms with Crippen LogP contribution in [0.2, 0.25) is 0 Å². The van der Waals surface area contributed by atoms with E-state index < -0.39 is 12.7 Å². The molecule has 0 radical (unpaired) electrons. The van der Waals surface area contributed by atoms with E-state index in [1.807, 2.05) is 13.8 Å². The molecule has 0 aliphatic heterocycles. The zero-order valence-electron chi connectivity index (χ0n) is 12.9. The summed E-state index contributed by atoms with van der Waals surface area (Å²) in [4.78, 5) is 13.3. The second-order valence-electron chi connectivity index (χ2n) is 5.38. The Morgan fingerprint density at radius 2 is 1.91 bits per heavy atom. The van der Waals surface area contributed by atoms with Crippen LogP contribution in [0.15, 0.2) is 24.3 Å². The van der Waals surface area contributed by atoms with Gasteiger partial charge in [-0.3, -0.25) is 9.69 Å². The van der Waals surface area contributed by atoms with Crippen LogP contribution >= 0.6 is 0 Å². The standard InChI is InChI=1S/C15H22F2N2O3/c1-10(2)18-14(21)9-19(3)8-13(20)11-4-6-12(7-5-11)22-15(16)17/h4-7,10,13,15,20H,8-9H2,1-3H3,(H,18,21). The molecule has 0 saturated heterocycles. The van der Waals surface area contributed by atoms with Gasteiger partial charge < -0.3 is 15.2 Å². The van der Waals surface area contributed by atoms with Crippen LogP contribution < -0.4 is 10.1 Å². The van der Waals surface area contributed by atoms with E-state index in [0.29, 0.717) is 5.56 Å². The Kier molecular flexibility index (Phi) is 7.20. The van der Waals surface area contributed by atoms with Crippen molar-refractivity contribution in [1.29, 1.82) is 0 Å². The van der Waals surface area contributed by atoms with E-state index in [0.717, 1.165) is 0 Å². The first-order valence-electron chi connectivity index (χ1n) is 6.98. The van der Waals surface area contributed by atoms with Crippen LogP contribution in [0.5, 0.6) is 5.75 Å². The van der Waals surface area contributed by atoms with Gasteiger partial charge >= 0.3 is 6.61 Å². The van der Waals surface area contributed by atoms with Gasteiger partial charge in [0, 0.05) is 12.6 Å². The lowest BCUT2D eigenvalue weighted by atomic mass is 10.1. The molecule has 0 aromatic heterocycles. The fourth-order valence-corrected chi connectivity index (χ4v) is 1.95. The summed E-state index contributed by atoms with van der Waals surface area (Å²) in [5.41, 5.74) is 0.567. The number of alkyl halides is 2. The number of carbonyl (C=O) groups is 1. The zero-order valence-corrected chi connectivity index (χ0v) is 12.9. The highest BCUT2D eigenvalue weighted by Gasteiger charge is 2.14. The number of hydrogen-bond donors (Lipinski definition) is 2. The minimum atomic E-state index is -2.87. The number of rotatable bonds is 8. The fourth-order valence-electron chi connectivity index (χ4n) is 1.95. The first-order chi connectivity index (χ1) is 10.3. The summed E-state index contributed by atoms with van der Waals surface area (Å²) in [5, 5.41) is 12.9. The molecule has 5 nitrogen and oxygen atoms in total. The molecule has 1 amide bonds. The second-order valence-corrected chi connectivity index (χ2v) is 5.38. The molecule has 0 fully saturated rings. The number of benzene rings is 1. The fraction of sp³-hybridized carbons (Fsp3) is 0.533. The minimum absolute atomic E-state index is 0.0376. The highest BCUT2D eigenvalue weighted by atomic mass is 19.3. The Hall–Kier alpha value is -1.73. The number of aliphatic hydroxyl groups excluding tert-OH is 1. The number of ether oxygens (including phenoxy) is 1. The van der Waals surface area contributed by atoms with Gasteiger partial charge in [-0.25, -0.2) is 0 Å². The van der Waals surface area contributed by atoms with Crippen molar-refractivity contribution in [2.75, 3.05) is 20.1 Å². The molecule has 2 N–H and O–H groups in total. The molecule has 1 rings (SSSR count). The SMILES string of the molecule is CC(C)NC(=O)CN(C)CC(O)c1ccc(OC(F)F)cc1. The monoisotopic (exact) mass is 316 g/mol. The molecular formula is C15H22F2N2O3. The first kappa shape index (κ1) is 18.3. The number of nitrogens with zero attached hydrogens (tertiary/aromatic N) is 1. The van der Waals surface area contributed by atoms with Crippen molar-refractivity contribution in [3.05, 3.63) is 29.8 Å². The van der Waals surface area contributed by atoms with Gasteiger partial charge in [0.15, 0.2) is 0 Å². The smallest absolute Gasteiger partial charge is 0.387 e. The molecule has 0 spiro atoms. The lowest BCUT2D eigenvalue weighted by Gasteiger charge is -2.21. The van der Waals surface area contributed by atoms with Crippen LogP contribution in [-0.2, 0) is 4.79 Å². The van der Waals surface area contributed by atoms with Crippen molar-refractivity contribution >= 4 is 5.91 Å². The third kappa shape index (κ3) is 6.82. The average Bonchev–Trinajstić information content (AvgIpc) is 2.37. The number of carbonyl (C=O) groups excluding carboxylic acids is 1. The Morgan fingerprint density at radius 3 is 2.41 bits per heavy atom. The third-order valence-electron chi connectivity index (χ3n) is 2.84. The molecule has 0 saturated carbocycles. The van der Waals surface area contributed by atoms with Crippen LogP contribution in [0.3, 0.4) is 0 Å². The van der Waals surface area contributed by atoms with Gasteiger partial charge in [-0.15, -0.1) is 0 Å². The molecular weight excluding hydrogens is 294 g/mol. The molecule has 1 aromatic carbocycles. The van der Waals surface area contributed by atoms with E-state index in [-0.39, 0.29) is 30.8 Å². The highest BCUT2D eigenvalue weighted by Crippen LogP contribution is 2.19. The van der Waals surface area contributed by atoms with Crippen LogP contribution in [0.4, 0.5) is 8.78 Å². The number of nitrogens with one attached hydrogen (secondary N) is 1. The molecule has 0 aliphatic rings. The number of halogens is 2. The molecule has 22 heavy (non-hydrogen) atoms. The third-order valence-corrected chi connectivity index (χ3v) is 2.84. The van der Waals surface area contributed by atoms with Gasteiger partial charge in [-0.05, 0) is 38.6 Å². The zero-order chi connectivity index (χ0) is 16.7. The predicted molar refractivity (Wildman–Crippen MR) is 78.8 cm³/mol. The molecule has 7 heteroatoms. The predicted octanol–water partition coefficient (Wildman–Crippen LogP) is 1.78. The van der Waals surface area contributed by atoms with Gasteiger partial charge in [0.2, 0.25) is 5.91 Å². The first-order valence-corrected chi connectivity index (χ1v) is 6.98. The van der Waals surface area contributed by atoms with Crippen molar-refractivity contribution in [3.8, 4) is 5.75 Å². The number of aliphatic hydroxyl groups is 1. The topological polar surface area (TPSA) is 61.8 Å². The number of hydrogen-bond acceptors (Lipinski definition) is 4. The summed E-state index contributed by atoms with van der Waals surface area (Å²) < 4.78 is 28.3. The van der Waals surface area contributed by atoms with E-state index in [4.69, 9.17) is 0 Å². The van der Waals surface area contributed by atoms with E-state index in [1.165, 1.54) is 24.3 Å². The normalized spacial score (nSPS) is 12.8. The molecule has 1 unspecified atom stereocenters. The lowest BCUT2D eigenvalue weighted by Crippen LogP contribution is -2.39. The highest BCUT2D eigenvalue weighted by molar-refractivity contribution is 5.78. The Labute approximate surface area is 128 Å². The Balaban J connectivity index is 2.50. The average molecular weight is 316 g/mol. The van der Waals surface area contributed by atoms with Gasteiger partial charge in [-0.1, -0.05) is 12.1 Å². The molecule has 124 valence electrons. The summed E-state index contributed by atoms with van der Waals surface area (Å²) in [6.07, 6.45) is -0.822. The van der Waals surface area contributed by atoms with E-state index in [9.17, 15) is 18.7 Å². The Morgan fingerprint density at radius 1 is 1.32 bits per heavy atom. The van der Waals surface area contributed by atoms with E-state index in [2.05, 4.69) is 10.1 Å². The second kappa shape index (κ2) is 8.65. The van der Waals surface area contributed by atoms with Gasteiger partial charge in [-0.2, -0.15) is 8.78 Å². The number of amides is 1. The molecule has 0 aliphatic carbocycles. The lowest BCUT2D eigenvalue weighted by molar-refractivity contribution is -0.122. The summed E-state index contributed by atoms with van der Waals surface area (Å²) in [5.74, 6) is -0.0824. The van der Waals surface area contributed by atoms with Crippen LogP contribution in [0.1, 0.15) is 25.5 Å². The maximum absolute atomic E-state index is 12.0. The van der Waals surface area contributed by atoms with Crippen LogP contribution in [-0.4, -0.2) is 48.7 Å². The Bertz CT molecular complexity index is 466. The summed E-state index contributed by atoms with van der Waals surface area (Å²) in [6.45, 7) is 1.29. The summed E-state index contributed by atoms with van der Waals surface area (Å²) >= 11 is 0. The van der Waals surface area contributed by atoms with Crippen LogP contribution in [0, 0.1) is 0 Å². The molecule has 0 heterocycles. The van der Waals surface area contributed by atoms with Crippen molar-refractivity contribution in [2.24, 2.45) is 0 Å². The van der Waals surface area contributed by atoms with Crippen molar-refractivity contribution in [1.82, 2.24) is 10.2 Å². The molecule has 1 atom stereocenters. The quantitative estimate of drug-likeness (QED) is 0.767. The maximum atomic E-state index is 12.0. The molecule has 1 aromatic rings. The van der Waals surface area contributed by atoms with Crippen molar-refractivity contribution < 1.29 is 23.4 Å². The minimum Gasteiger partial charge on any atom is -0.435 e. The summed E-state index contributed by atoms with van der Waals surface area (Å²) in [6, 6.07) is 5.84. The van der Waals surface area contributed by atoms with Gasteiger partial charge in [0.25, 0.3) is 0 Å². The summed E-state index contributed by atoms with van der Waals surface area (Å²) in [7, 11) is 1.72. The van der Waals surface area contributed by atoms with Crippen molar-refractivity contribution in [3.63, 3.8) is 0 Å². The van der Waals surface area contributed by atoms with Crippen molar-refractivity contribution in [2.45, 2.75) is 32.6 Å². The van der Waals surface area contributed by atoms with Gasteiger partial charge in [0.1, 0.15) is 5.75 Å². The number of likely N-dealkylation sites (N-methyl/N-ethyl adjacent to an activating group) is 1. The van der Waals surface area contributed by atoms with E-state index in [1.54, 1.807) is 11.9 Å². The largest absolute Gasteiger partial charge is 0.435 e.